The molecule has 1 fully saturated rings. The van der Waals surface area contributed by atoms with Gasteiger partial charge in [0.2, 0.25) is 5.91 Å². The van der Waals surface area contributed by atoms with E-state index in [1.54, 1.807) is 17.7 Å². The number of hydrogen-bond acceptors (Lipinski definition) is 5. The summed E-state index contributed by atoms with van der Waals surface area (Å²) in [5, 5.41) is 7.43. The molecule has 6 heteroatoms. The molecule has 2 N–H and O–H groups in total. The highest BCUT2D eigenvalue weighted by atomic mass is 32.1. The summed E-state index contributed by atoms with van der Waals surface area (Å²) in [7, 11) is 0. The molecular weight excluding hydrogens is 284 g/mol. The van der Waals surface area contributed by atoms with Crippen LogP contribution in [0.1, 0.15) is 29.7 Å². The number of aryl methyl sites for hydroxylation is 2. The minimum absolute atomic E-state index is 0.1000. The third-order valence-electron chi connectivity index (χ3n) is 4.45. The summed E-state index contributed by atoms with van der Waals surface area (Å²) in [6.07, 6.45) is 6.79. The molecule has 1 amide bonds. The van der Waals surface area contributed by atoms with E-state index in [-0.39, 0.29) is 11.8 Å². The molecule has 3 heterocycles. The minimum Gasteiger partial charge on any atom is -0.317 e. The van der Waals surface area contributed by atoms with Crippen molar-refractivity contribution in [2.45, 2.75) is 32.1 Å². The molecule has 5 nitrogen and oxygen atoms in total. The van der Waals surface area contributed by atoms with Gasteiger partial charge in [-0.1, -0.05) is 0 Å². The van der Waals surface area contributed by atoms with Gasteiger partial charge in [0.1, 0.15) is 17.0 Å². The molecule has 0 spiro atoms. The quantitative estimate of drug-likeness (QED) is 0.892. The number of nitrogens with zero attached hydrogens (tertiary/aromatic N) is 2. The van der Waals surface area contributed by atoms with E-state index in [1.807, 2.05) is 0 Å². The van der Waals surface area contributed by atoms with Gasteiger partial charge in [-0.25, -0.2) is 9.97 Å². The Balaban J connectivity index is 1.65. The summed E-state index contributed by atoms with van der Waals surface area (Å²) in [6.45, 7) is 1.84. The minimum atomic E-state index is 0.1000. The van der Waals surface area contributed by atoms with Gasteiger partial charge in [-0.05, 0) is 50.8 Å². The number of aromatic nitrogens is 2. The number of nitrogens with one attached hydrogen (secondary N) is 2. The summed E-state index contributed by atoms with van der Waals surface area (Å²) in [5.74, 6) is 0.917. The lowest BCUT2D eigenvalue weighted by atomic mass is 9.97. The Bertz CT molecular complexity index is 690. The zero-order valence-corrected chi connectivity index (χ0v) is 12.6. The maximum atomic E-state index is 12.4. The molecular formula is C15H18N4OS. The number of carbonyl (C=O) groups excluding carboxylic acids is 1. The summed E-state index contributed by atoms with van der Waals surface area (Å²) < 4.78 is 0. The highest BCUT2D eigenvalue weighted by molar-refractivity contribution is 7.19. The number of thiophene rings is 1. The average Bonchev–Trinajstić information content (AvgIpc) is 3.09. The van der Waals surface area contributed by atoms with Crippen LogP contribution in [0, 0.1) is 5.92 Å². The van der Waals surface area contributed by atoms with E-state index >= 15 is 0 Å². The molecule has 2 aromatic rings. The highest BCUT2D eigenvalue weighted by Crippen LogP contribution is 2.39. The Labute approximate surface area is 127 Å². The monoisotopic (exact) mass is 302 g/mol. The van der Waals surface area contributed by atoms with Crippen LogP contribution in [0.5, 0.6) is 0 Å². The van der Waals surface area contributed by atoms with Crippen LogP contribution in [0.25, 0.3) is 10.2 Å². The first kappa shape index (κ1) is 13.2. The molecule has 0 radical (unpaired) electrons. The van der Waals surface area contributed by atoms with Gasteiger partial charge in [-0.2, -0.15) is 0 Å². The number of piperidine rings is 1. The summed E-state index contributed by atoms with van der Waals surface area (Å²) >= 11 is 1.75. The van der Waals surface area contributed by atoms with Crippen molar-refractivity contribution in [1.82, 2.24) is 15.3 Å². The number of anilines is 1. The zero-order chi connectivity index (χ0) is 14.2. The van der Waals surface area contributed by atoms with Crippen LogP contribution in [0.2, 0.25) is 0 Å². The third-order valence-corrected chi connectivity index (χ3v) is 5.65. The van der Waals surface area contributed by atoms with Gasteiger partial charge < -0.3 is 10.6 Å². The maximum Gasteiger partial charge on any atom is 0.228 e. The molecule has 110 valence electrons. The SMILES string of the molecule is O=C(Nc1ncnc2sc3c(c12)CCC3)C1CCNCC1. The molecule has 0 atom stereocenters. The number of amides is 1. The summed E-state index contributed by atoms with van der Waals surface area (Å²) in [4.78, 5) is 23.6. The number of rotatable bonds is 2. The van der Waals surface area contributed by atoms with E-state index in [2.05, 4.69) is 20.6 Å². The number of carbonyl (C=O) groups is 1. The molecule has 4 rings (SSSR count). The topological polar surface area (TPSA) is 66.9 Å². The van der Waals surface area contributed by atoms with Gasteiger partial charge in [-0.3, -0.25) is 4.79 Å². The Morgan fingerprint density at radius 3 is 3.00 bits per heavy atom. The lowest BCUT2D eigenvalue weighted by molar-refractivity contribution is -0.120. The van der Waals surface area contributed by atoms with Crippen LogP contribution in [0.15, 0.2) is 6.33 Å². The fraction of sp³-hybridized carbons (Fsp3) is 0.533. The molecule has 0 unspecified atom stereocenters. The molecule has 1 saturated heterocycles. The predicted molar refractivity (Wildman–Crippen MR) is 83.7 cm³/mol. The molecule has 2 aliphatic rings. The van der Waals surface area contributed by atoms with Crippen molar-refractivity contribution in [1.29, 1.82) is 0 Å². The second-order valence-corrected chi connectivity index (χ2v) is 6.86. The number of hydrogen-bond donors (Lipinski definition) is 2. The Morgan fingerprint density at radius 1 is 1.29 bits per heavy atom. The lowest BCUT2D eigenvalue weighted by Crippen LogP contribution is -2.34. The second-order valence-electron chi connectivity index (χ2n) is 5.77. The summed E-state index contributed by atoms with van der Waals surface area (Å²) in [5.41, 5.74) is 1.36. The molecule has 0 bridgehead atoms. The van der Waals surface area contributed by atoms with E-state index in [1.165, 1.54) is 16.9 Å². The fourth-order valence-corrected chi connectivity index (χ4v) is 4.56. The third kappa shape index (κ3) is 2.32. The fourth-order valence-electron chi connectivity index (χ4n) is 3.33. The molecule has 1 aliphatic carbocycles. The van der Waals surface area contributed by atoms with Crippen LogP contribution >= 0.6 is 11.3 Å². The van der Waals surface area contributed by atoms with Crippen molar-refractivity contribution >= 4 is 33.3 Å². The average molecular weight is 302 g/mol. The zero-order valence-electron chi connectivity index (χ0n) is 11.8. The van der Waals surface area contributed by atoms with Crippen LogP contribution in [0.4, 0.5) is 5.82 Å². The van der Waals surface area contributed by atoms with Crippen LogP contribution in [-0.2, 0) is 17.6 Å². The van der Waals surface area contributed by atoms with Gasteiger partial charge in [0, 0.05) is 10.8 Å². The molecule has 21 heavy (non-hydrogen) atoms. The predicted octanol–water partition coefficient (Wildman–Crippen LogP) is 2.12. The van der Waals surface area contributed by atoms with Gasteiger partial charge in [0.15, 0.2) is 0 Å². The van der Waals surface area contributed by atoms with Gasteiger partial charge in [0.05, 0.1) is 5.39 Å². The van der Waals surface area contributed by atoms with Crippen molar-refractivity contribution in [3.63, 3.8) is 0 Å². The Hall–Kier alpha value is -1.53. The van der Waals surface area contributed by atoms with Gasteiger partial charge in [-0.15, -0.1) is 11.3 Å². The van der Waals surface area contributed by atoms with E-state index in [9.17, 15) is 4.79 Å². The van der Waals surface area contributed by atoms with Gasteiger partial charge in [0.25, 0.3) is 0 Å². The first-order valence-electron chi connectivity index (χ1n) is 7.60. The van der Waals surface area contributed by atoms with E-state index in [0.29, 0.717) is 5.82 Å². The maximum absolute atomic E-state index is 12.4. The van der Waals surface area contributed by atoms with Gasteiger partial charge >= 0.3 is 0 Å². The highest BCUT2D eigenvalue weighted by Gasteiger charge is 2.25. The summed E-state index contributed by atoms with van der Waals surface area (Å²) in [6, 6.07) is 0. The van der Waals surface area contributed by atoms with Crippen molar-refractivity contribution in [3.05, 3.63) is 16.8 Å². The first-order valence-corrected chi connectivity index (χ1v) is 8.41. The molecule has 0 aromatic carbocycles. The van der Waals surface area contributed by atoms with E-state index in [0.717, 1.165) is 49.0 Å². The van der Waals surface area contributed by atoms with Crippen molar-refractivity contribution in [2.24, 2.45) is 5.92 Å². The Kier molecular flexibility index (Phi) is 3.35. The Morgan fingerprint density at radius 2 is 2.14 bits per heavy atom. The molecule has 0 saturated carbocycles. The largest absolute Gasteiger partial charge is 0.317 e. The second kappa shape index (κ2) is 5.35. The van der Waals surface area contributed by atoms with E-state index < -0.39 is 0 Å². The van der Waals surface area contributed by atoms with Crippen molar-refractivity contribution < 1.29 is 4.79 Å². The smallest absolute Gasteiger partial charge is 0.228 e. The van der Waals surface area contributed by atoms with Crippen LogP contribution < -0.4 is 10.6 Å². The number of fused-ring (bicyclic) bond motifs is 3. The first-order chi connectivity index (χ1) is 10.3. The van der Waals surface area contributed by atoms with Crippen molar-refractivity contribution in [3.8, 4) is 0 Å². The molecule has 1 aliphatic heterocycles. The van der Waals surface area contributed by atoms with Crippen LogP contribution in [-0.4, -0.2) is 29.0 Å². The van der Waals surface area contributed by atoms with E-state index in [4.69, 9.17) is 0 Å². The normalized spacial score (nSPS) is 18.9. The molecule has 2 aromatic heterocycles. The standard InChI is InChI=1S/C15H18N4OS/c20-14(9-4-6-16-7-5-9)19-13-12-10-2-1-3-11(10)21-15(12)18-8-17-13/h8-9,16H,1-7H2,(H,17,18,19,20). The van der Waals surface area contributed by atoms with Crippen molar-refractivity contribution in [2.75, 3.05) is 18.4 Å². The lowest BCUT2D eigenvalue weighted by Gasteiger charge is -2.21. The van der Waals surface area contributed by atoms with Crippen LogP contribution in [0.3, 0.4) is 0 Å².